The third-order valence-electron chi connectivity index (χ3n) is 7.44. The van der Waals surface area contributed by atoms with Crippen LogP contribution in [0.2, 0.25) is 10.0 Å². The lowest BCUT2D eigenvalue weighted by Crippen LogP contribution is -2.06. The largest absolute Gasteiger partial charge is 0.487 e. The number of benzene rings is 4. The molecule has 0 bridgehead atoms. The molecule has 0 spiro atoms. The van der Waals surface area contributed by atoms with E-state index in [1.165, 1.54) is 0 Å². The second kappa shape index (κ2) is 14.9. The Hall–Kier alpha value is -4.97. The second-order valence-corrected chi connectivity index (χ2v) is 11.8. The minimum atomic E-state index is 0.152. The molecule has 5 nitrogen and oxygen atoms in total. The summed E-state index contributed by atoms with van der Waals surface area (Å²) in [6.45, 7) is 0.856. The number of Topliss-reactive ketones (excluding diaryl/α,β-unsaturated/α-hetero) is 1. The lowest BCUT2D eigenvalue weighted by atomic mass is 9.99. The van der Waals surface area contributed by atoms with E-state index in [0.717, 1.165) is 44.5 Å². The highest BCUT2D eigenvalue weighted by Crippen LogP contribution is 2.26. The fourth-order valence-corrected chi connectivity index (χ4v) is 5.21. The van der Waals surface area contributed by atoms with Crippen molar-refractivity contribution in [1.29, 1.82) is 0 Å². The van der Waals surface area contributed by atoms with Gasteiger partial charge in [-0.15, -0.1) is 0 Å². The van der Waals surface area contributed by atoms with E-state index >= 15 is 0 Å². The number of ketones is 1. The van der Waals surface area contributed by atoms with Gasteiger partial charge in [-0.05, 0) is 69.8 Å². The van der Waals surface area contributed by atoms with E-state index in [1.54, 1.807) is 24.8 Å². The lowest BCUT2D eigenvalue weighted by molar-refractivity contribution is -0.117. The van der Waals surface area contributed by atoms with Crippen LogP contribution in [0, 0.1) is 0 Å². The first-order chi connectivity index (χ1) is 22.5. The van der Waals surface area contributed by atoms with E-state index in [-0.39, 0.29) is 5.78 Å². The molecule has 0 radical (unpaired) electrons. The number of ether oxygens (including phenoxy) is 2. The molecule has 0 aliphatic carbocycles. The molecule has 7 heteroatoms. The predicted molar refractivity (Wildman–Crippen MR) is 183 cm³/mol. The Morgan fingerprint density at radius 3 is 1.24 bits per heavy atom. The van der Waals surface area contributed by atoms with Gasteiger partial charge in [-0.1, -0.05) is 96.0 Å². The molecule has 6 rings (SSSR count). The number of aromatic nitrogens is 2. The maximum Gasteiger partial charge on any atom is 0.141 e. The lowest BCUT2D eigenvalue weighted by Gasteiger charge is -2.09. The number of rotatable bonds is 12. The quantitative estimate of drug-likeness (QED) is 0.133. The monoisotopic (exact) mass is 644 g/mol. The summed E-state index contributed by atoms with van der Waals surface area (Å²) in [6, 6.07) is 35.1. The zero-order valence-electron chi connectivity index (χ0n) is 24.9. The smallest absolute Gasteiger partial charge is 0.141 e. The van der Waals surface area contributed by atoms with Gasteiger partial charge in [0, 0.05) is 46.4 Å². The van der Waals surface area contributed by atoms with Gasteiger partial charge in [0.2, 0.25) is 0 Å². The van der Waals surface area contributed by atoms with E-state index in [1.807, 2.05) is 109 Å². The molecule has 0 N–H and O–H groups in total. The Morgan fingerprint density at radius 2 is 0.848 bits per heavy atom. The van der Waals surface area contributed by atoms with E-state index in [4.69, 9.17) is 32.7 Å². The summed E-state index contributed by atoms with van der Waals surface area (Å²) in [5, 5.41) is 1.39. The number of hydrogen-bond donors (Lipinski definition) is 0. The maximum atomic E-state index is 12.9. The fourth-order valence-electron chi connectivity index (χ4n) is 4.95. The van der Waals surface area contributed by atoms with Crippen LogP contribution < -0.4 is 9.47 Å². The standard InChI is InChI=1S/C39H30Cl2N2O3/c40-35-13-5-29(6-14-35)25-45-38-19-33(21-42-23-38)31-9-1-27(2-10-31)17-37(44)18-28-3-11-32(12-4-28)34-20-39(24-43-22-34)46-26-30-7-15-36(41)16-8-30/h1-16,19-24H,17-18,25-26H2. The van der Waals surface area contributed by atoms with Crippen LogP contribution in [0.25, 0.3) is 22.3 Å². The molecule has 4 aromatic carbocycles. The molecular weight excluding hydrogens is 615 g/mol. The molecule has 6 aromatic rings. The summed E-state index contributed by atoms with van der Waals surface area (Å²) in [5.41, 5.74) is 7.89. The van der Waals surface area contributed by atoms with Crippen molar-refractivity contribution in [3.8, 4) is 33.8 Å². The van der Waals surface area contributed by atoms with Crippen LogP contribution >= 0.6 is 23.2 Å². The van der Waals surface area contributed by atoms with Crippen molar-refractivity contribution in [2.75, 3.05) is 0 Å². The summed E-state index contributed by atoms with van der Waals surface area (Å²) in [5.74, 6) is 1.52. The van der Waals surface area contributed by atoms with Crippen LogP contribution in [-0.2, 0) is 30.8 Å². The predicted octanol–water partition coefficient (Wildman–Crippen LogP) is 9.63. The zero-order valence-corrected chi connectivity index (χ0v) is 26.4. The van der Waals surface area contributed by atoms with Crippen LogP contribution in [0.3, 0.4) is 0 Å². The summed E-state index contributed by atoms with van der Waals surface area (Å²) in [6.07, 6.45) is 7.74. The zero-order chi connectivity index (χ0) is 31.7. The summed E-state index contributed by atoms with van der Waals surface area (Å²) >= 11 is 11.9. The van der Waals surface area contributed by atoms with Crippen LogP contribution in [0.5, 0.6) is 11.5 Å². The molecule has 0 unspecified atom stereocenters. The Bertz CT molecular complexity index is 1770. The average molecular weight is 646 g/mol. The van der Waals surface area contributed by atoms with Gasteiger partial charge in [0.15, 0.2) is 0 Å². The average Bonchev–Trinajstić information content (AvgIpc) is 3.09. The first-order valence-corrected chi connectivity index (χ1v) is 15.6. The fraction of sp³-hybridized carbons (Fsp3) is 0.103. The number of carbonyl (C=O) groups excluding carboxylic acids is 1. The molecule has 0 saturated carbocycles. The van der Waals surface area contributed by atoms with Crippen molar-refractivity contribution >= 4 is 29.0 Å². The van der Waals surface area contributed by atoms with Gasteiger partial charge in [0.25, 0.3) is 0 Å². The molecule has 0 aliphatic rings. The molecular formula is C39H30Cl2N2O3. The molecule has 0 saturated heterocycles. The van der Waals surface area contributed by atoms with Crippen molar-refractivity contribution in [3.63, 3.8) is 0 Å². The molecule has 2 aromatic heterocycles. The van der Waals surface area contributed by atoms with Gasteiger partial charge < -0.3 is 9.47 Å². The number of halogens is 2. The number of pyridine rings is 2. The summed E-state index contributed by atoms with van der Waals surface area (Å²) < 4.78 is 11.9. The first kappa shape index (κ1) is 31.0. The normalized spacial score (nSPS) is 10.8. The van der Waals surface area contributed by atoms with Crippen molar-refractivity contribution < 1.29 is 14.3 Å². The highest BCUT2D eigenvalue weighted by Gasteiger charge is 2.09. The molecule has 2 heterocycles. The Morgan fingerprint density at radius 1 is 0.478 bits per heavy atom. The van der Waals surface area contributed by atoms with Gasteiger partial charge >= 0.3 is 0 Å². The van der Waals surface area contributed by atoms with Crippen LogP contribution in [0.1, 0.15) is 22.3 Å². The molecule has 0 atom stereocenters. The molecule has 0 amide bonds. The van der Waals surface area contributed by atoms with Crippen molar-refractivity contribution in [1.82, 2.24) is 9.97 Å². The van der Waals surface area contributed by atoms with Crippen molar-refractivity contribution in [2.24, 2.45) is 0 Å². The molecule has 228 valence electrons. The Kier molecular flexibility index (Phi) is 10.0. The SMILES string of the molecule is O=C(Cc1ccc(-c2cncc(OCc3ccc(Cl)cc3)c2)cc1)Cc1ccc(-c2cncc(OCc3ccc(Cl)cc3)c2)cc1. The molecule has 46 heavy (non-hydrogen) atoms. The van der Waals surface area contributed by atoms with E-state index in [9.17, 15) is 4.79 Å². The Labute approximate surface area is 278 Å². The summed E-state index contributed by atoms with van der Waals surface area (Å²) in [4.78, 5) is 21.6. The molecule has 0 aliphatic heterocycles. The number of hydrogen-bond acceptors (Lipinski definition) is 5. The summed E-state index contributed by atoms with van der Waals surface area (Å²) in [7, 11) is 0. The third-order valence-corrected chi connectivity index (χ3v) is 7.94. The van der Waals surface area contributed by atoms with Gasteiger partial charge in [-0.3, -0.25) is 14.8 Å². The maximum absolute atomic E-state index is 12.9. The third kappa shape index (κ3) is 8.60. The van der Waals surface area contributed by atoms with Crippen LogP contribution in [0.4, 0.5) is 0 Å². The molecule has 0 fully saturated rings. The van der Waals surface area contributed by atoms with Crippen molar-refractivity contribution in [3.05, 3.63) is 166 Å². The van der Waals surface area contributed by atoms with Crippen LogP contribution in [-0.4, -0.2) is 15.8 Å². The minimum Gasteiger partial charge on any atom is -0.487 e. The highest BCUT2D eigenvalue weighted by atomic mass is 35.5. The second-order valence-electron chi connectivity index (χ2n) is 10.9. The van der Waals surface area contributed by atoms with E-state index in [0.29, 0.717) is 47.6 Å². The number of nitrogens with zero attached hydrogens (tertiary/aromatic N) is 2. The number of carbonyl (C=O) groups is 1. The topological polar surface area (TPSA) is 61.3 Å². The van der Waals surface area contributed by atoms with E-state index < -0.39 is 0 Å². The first-order valence-electron chi connectivity index (χ1n) is 14.8. The van der Waals surface area contributed by atoms with Crippen molar-refractivity contribution in [2.45, 2.75) is 26.1 Å². The van der Waals surface area contributed by atoms with Gasteiger partial charge in [-0.2, -0.15) is 0 Å². The van der Waals surface area contributed by atoms with Gasteiger partial charge in [0.1, 0.15) is 30.5 Å². The Balaban J connectivity index is 1.01. The van der Waals surface area contributed by atoms with Gasteiger partial charge in [0.05, 0.1) is 12.4 Å². The van der Waals surface area contributed by atoms with E-state index in [2.05, 4.69) is 9.97 Å². The van der Waals surface area contributed by atoms with Gasteiger partial charge in [-0.25, -0.2) is 0 Å². The van der Waals surface area contributed by atoms with Crippen LogP contribution in [0.15, 0.2) is 134 Å². The minimum absolute atomic E-state index is 0.152. The highest BCUT2D eigenvalue weighted by molar-refractivity contribution is 6.30.